The third kappa shape index (κ3) is 4.37. The molecule has 3 rings (SSSR count). The van der Waals surface area contributed by atoms with Crippen LogP contribution in [0, 0.1) is 6.92 Å². The van der Waals surface area contributed by atoms with Gasteiger partial charge in [0.2, 0.25) is 5.91 Å². The topological polar surface area (TPSA) is 73.8 Å². The molecule has 2 fully saturated rings. The number of amides is 1. The van der Waals surface area contributed by atoms with Crippen molar-refractivity contribution in [3.05, 3.63) is 23.8 Å². The molecule has 2 aliphatic rings. The third-order valence-corrected chi connectivity index (χ3v) is 5.63. The van der Waals surface area contributed by atoms with Gasteiger partial charge < -0.3 is 20.5 Å². The molecule has 0 bridgehead atoms. The zero-order valence-electron chi connectivity index (χ0n) is 15.9. The summed E-state index contributed by atoms with van der Waals surface area (Å²) >= 11 is 0. The Bertz CT molecular complexity index is 635. The van der Waals surface area contributed by atoms with Crippen LogP contribution in [0.25, 0.3) is 0 Å². The van der Waals surface area contributed by atoms with Crippen LogP contribution in [0.5, 0.6) is 5.75 Å². The summed E-state index contributed by atoms with van der Waals surface area (Å²) in [6.45, 7) is 4.77. The molecule has 1 aromatic carbocycles. The number of fused-ring (bicyclic) bond motifs is 1. The number of nitrogens with zero attached hydrogens (tertiary/aromatic N) is 1. The highest BCUT2D eigenvalue weighted by Gasteiger charge is 2.43. The van der Waals surface area contributed by atoms with E-state index in [1.54, 1.807) is 7.11 Å². The quantitative estimate of drug-likeness (QED) is 0.722. The second-order valence-electron chi connectivity index (χ2n) is 7.61. The Morgan fingerprint density at radius 2 is 2.15 bits per heavy atom. The number of aryl methyl sites for hydroxylation is 1. The first-order valence-electron chi connectivity index (χ1n) is 9.63. The highest BCUT2D eigenvalue weighted by Crippen LogP contribution is 2.33. The fourth-order valence-corrected chi connectivity index (χ4v) is 4.33. The number of anilines is 1. The van der Waals surface area contributed by atoms with E-state index in [0.29, 0.717) is 18.0 Å². The van der Waals surface area contributed by atoms with Gasteiger partial charge in [0, 0.05) is 12.6 Å². The lowest BCUT2D eigenvalue weighted by molar-refractivity contribution is -0.116. The number of methoxy groups -OCH3 is 1. The highest BCUT2D eigenvalue weighted by atomic mass is 16.5. The number of carbonyl (C=O) groups excluding carboxylic acids is 1. The van der Waals surface area contributed by atoms with Gasteiger partial charge in [-0.05, 0) is 63.4 Å². The number of carbonyl (C=O) groups is 1. The number of hydrogen-bond donors (Lipinski definition) is 3. The lowest BCUT2D eigenvalue weighted by atomic mass is 9.79. The van der Waals surface area contributed by atoms with E-state index in [-0.39, 0.29) is 18.5 Å². The van der Waals surface area contributed by atoms with E-state index in [9.17, 15) is 9.90 Å². The van der Waals surface area contributed by atoms with Gasteiger partial charge in [0.1, 0.15) is 5.75 Å². The molecule has 0 aromatic heterocycles. The third-order valence-electron chi connectivity index (χ3n) is 5.63. The Morgan fingerprint density at radius 1 is 1.35 bits per heavy atom. The number of rotatable bonds is 6. The molecule has 26 heavy (non-hydrogen) atoms. The molecule has 6 heteroatoms. The van der Waals surface area contributed by atoms with Crippen LogP contribution in [0.4, 0.5) is 5.69 Å². The standard InChI is InChI=1S/C20H31N3O3/c1-15-7-8-17(26-2)16(12-15)22-19(24)13-21-14-20(25)9-5-11-23-10-4-3-6-18(20)23/h7-8,12,18,21,25H,3-6,9-11,13-14H2,1-2H3,(H,22,24)/t18-,20-/m1/s1. The van der Waals surface area contributed by atoms with Crippen LogP contribution >= 0.6 is 0 Å². The van der Waals surface area contributed by atoms with Crippen molar-refractivity contribution in [3.8, 4) is 5.75 Å². The molecule has 2 saturated heterocycles. The van der Waals surface area contributed by atoms with Gasteiger partial charge in [0.25, 0.3) is 0 Å². The average molecular weight is 361 g/mol. The molecule has 144 valence electrons. The van der Waals surface area contributed by atoms with Crippen LogP contribution in [0.3, 0.4) is 0 Å². The zero-order chi connectivity index (χ0) is 18.6. The fraction of sp³-hybridized carbons (Fsp3) is 0.650. The summed E-state index contributed by atoms with van der Waals surface area (Å²) in [7, 11) is 1.59. The van der Waals surface area contributed by atoms with Crippen LogP contribution in [0.1, 0.15) is 37.7 Å². The zero-order valence-corrected chi connectivity index (χ0v) is 15.9. The summed E-state index contributed by atoms with van der Waals surface area (Å²) < 4.78 is 5.30. The summed E-state index contributed by atoms with van der Waals surface area (Å²) in [5.41, 5.74) is 0.997. The van der Waals surface area contributed by atoms with E-state index in [0.717, 1.165) is 37.9 Å². The number of hydrogen-bond acceptors (Lipinski definition) is 5. The average Bonchev–Trinajstić information content (AvgIpc) is 2.62. The molecular formula is C20H31N3O3. The minimum atomic E-state index is -0.736. The SMILES string of the molecule is COc1ccc(C)cc1NC(=O)CNC[C@]1(O)CCCN2CCCC[C@@H]21. The largest absolute Gasteiger partial charge is 0.495 e. The molecule has 1 amide bonds. The molecule has 3 N–H and O–H groups in total. The smallest absolute Gasteiger partial charge is 0.238 e. The Labute approximate surface area is 155 Å². The Hall–Kier alpha value is -1.63. The van der Waals surface area contributed by atoms with Gasteiger partial charge in [0.05, 0.1) is 24.9 Å². The maximum atomic E-state index is 12.3. The number of ether oxygens (including phenoxy) is 1. The van der Waals surface area contributed by atoms with Gasteiger partial charge in [-0.1, -0.05) is 12.5 Å². The molecule has 6 nitrogen and oxygen atoms in total. The summed E-state index contributed by atoms with van der Waals surface area (Å²) in [4.78, 5) is 14.7. The van der Waals surface area contributed by atoms with Crippen LogP contribution in [-0.2, 0) is 4.79 Å². The second kappa shape index (κ2) is 8.37. The van der Waals surface area contributed by atoms with Gasteiger partial charge >= 0.3 is 0 Å². The minimum absolute atomic E-state index is 0.131. The summed E-state index contributed by atoms with van der Waals surface area (Å²) in [6.07, 6.45) is 5.26. The number of nitrogens with one attached hydrogen (secondary N) is 2. The fourth-order valence-electron chi connectivity index (χ4n) is 4.33. The summed E-state index contributed by atoms with van der Waals surface area (Å²) in [6, 6.07) is 5.91. The van der Waals surface area contributed by atoms with Crippen molar-refractivity contribution in [2.45, 2.75) is 50.7 Å². The number of aliphatic hydroxyl groups is 1. The maximum Gasteiger partial charge on any atom is 0.238 e. The first kappa shape index (κ1) is 19.1. The first-order valence-corrected chi connectivity index (χ1v) is 9.63. The summed E-state index contributed by atoms with van der Waals surface area (Å²) in [5.74, 6) is 0.515. The first-order chi connectivity index (χ1) is 12.5. The van der Waals surface area contributed by atoms with E-state index < -0.39 is 5.60 Å². The lowest BCUT2D eigenvalue weighted by Gasteiger charge is -2.49. The van der Waals surface area contributed by atoms with E-state index in [1.165, 1.54) is 12.8 Å². The van der Waals surface area contributed by atoms with Gasteiger partial charge in [-0.2, -0.15) is 0 Å². The molecule has 2 atom stereocenters. The van der Waals surface area contributed by atoms with E-state index in [2.05, 4.69) is 15.5 Å². The van der Waals surface area contributed by atoms with Crippen molar-refractivity contribution < 1.29 is 14.6 Å². The van der Waals surface area contributed by atoms with E-state index in [1.807, 2.05) is 25.1 Å². The molecule has 0 radical (unpaired) electrons. The monoisotopic (exact) mass is 361 g/mol. The molecule has 0 unspecified atom stereocenters. The van der Waals surface area contributed by atoms with Crippen molar-refractivity contribution in [2.75, 3.05) is 38.6 Å². The molecule has 1 aromatic rings. The van der Waals surface area contributed by atoms with Gasteiger partial charge in [0.15, 0.2) is 0 Å². The Kier molecular flexibility index (Phi) is 6.16. The van der Waals surface area contributed by atoms with Gasteiger partial charge in [-0.15, -0.1) is 0 Å². The Morgan fingerprint density at radius 3 is 2.96 bits per heavy atom. The minimum Gasteiger partial charge on any atom is -0.495 e. The Balaban J connectivity index is 1.52. The van der Waals surface area contributed by atoms with Crippen molar-refractivity contribution in [1.29, 1.82) is 0 Å². The van der Waals surface area contributed by atoms with Crippen LogP contribution in [-0.4, -0.2) is 60.8 Å². The number of benzene rings is 1. The lowest BCUT2D eigenvalue weighted by Crippen LogP contribution is -2.62. The molecule has 2 aliphatic heterocycles. The predicted molar refractivity (Wildman–Crippen MR) is 103 cm³/mol. The van der Waals surface area contributed by atoms with Crippen molar-refractivity contribution >= 4 is 11.6 Å². The van der Waals surface area contributed by atoms with Crippen molar-refractivity contribution in [1.82, 2.24) is 10.2 Å². The van der Waals surface area contributed by atoms with Crippen molar-refractivity contribution in [3.63, 3.8) is 0 Å². The van der Waals surface area contributed by atoms with Gasteiger partial charge in [-0.3, -0.25) is 9.69 Å². The maximum absolute atomic E-state index is 12.3. The van der Waals surface area contributed by atoms with E-state index >= 15 is 0 Å². The predicted octanol–water partition coefficient (Wildman–Crippen LogP) is 1.91. The normalized spacial score (nSPS) is 26.2. The highest BCUT2D eigenvalue weighted by molar-refractivity contribution is 5.93. The van der Waals surface area contributed by atoms with Crippen LogP contribution in [0.2, 0.25) is 0 Å². The molecule has 0 saturated carbocycles. The van der Waals surface area contributed by atoms with Crippen molar-refractivity contribution in [2.24, 2.45) is 0 Å². The summed E-state index contributed by atoms with van der Waals surface area (Å²) in [5, 5.41) is 17.2. The second-order valence-corrected chi connectivity index (χ2v) is 7.61. The van der Waals surface area contributed by atoms with E-state index in [4.69, 9.17) is 4.74 Å². The molecule has 2 heterocycles. The molecule has 0 aliphatic carbocycles. The van der Waals surface area contributed by atoms with Gasteiger partial charge in [-0.25, -0.2) is 0 Å². The molecular weight excluding hydrogens is 330 g/mol. The van der Waals surface area contributed by atoms with Crippen LogP contribution in [0.15, 0.2) is 18.2 Å². The number of piperidine rings is 2. The van der Waals surface area contributed by atoms with Crippen LogP contribution < -0.4 is 15.4 Å². The molecule has 0 spiro atoms.